The molecule has 0 radical (unpaired) electrons. The summed E-state index contributed by atoms with van der Waals surface area (Å²) in [5.41, 5.74) is 0. The van der Waals surface area contributed by atoms with Gasteiger partial charge >= 0.3 is 0 Å². The first-order valence-electron chi connectivity index (χ1n) is 3.81. The quantitative estimate of drug-likeness (QED) is 0.441. The van der Waals surface area contributed by atoms with Crippen LogP contribution in [0.2, 0.25) is 0 Å². The molecule has 1 aliphatic rings. The van der Waals surface area contributed by atoms with Crippen LogP contribution < -0.4 is 5.32 Å². The van der Waals surface area contributed by atoms with Crippen LogP contribution in [-0.2, 0) is 9.53 Å². The second-order valence-electron chi connectivity index (χ2n) is 2.86. The average molecular weight is 175 g/mol. The summed E-state index contributed by atoms with van der Waals surface area (Å²) in [6.45, 7) is 1.61. The fraction of sp³-hybridized carbons (Fsp3) is 0.857. The molecule has 70 valence electrons. The largest absolute Gasteiger partial charge is 0.388 e. The van der Waals surface area contributed by atoms with E-state index in [9.17, 15) is 15.0 Å². The van der Waals surface area contributed by atoms with Gasteiger partial charge in [-0.1, -0.05) is 0 Å². The maximum absolute atomic E-state index is 11.0. The molecule has 5 heteroatoms. The lowest BCUT2D eigenvalue weighted by molar-refractivity contribution is -0.134. The van der Waals surface area contributed by atoms with E-state index in [0.717, 1.165) is 0 Å². The Morgan fingerprint density at radius 3 is 2.33 bits per heavy atom. The fourth-order valence-corrected chi connectivity index (χ4v) is 1.21. The number of carbonyl (C=O) groups excluding carboxylic acids is 1. The molecule has 4 atom stereocenters. The van der Waals surface area contributed by atoms with Crippen LogP contribution in [0.25, 0.3) is 0 Å². The Labute approximate surface area is 70.3 Å². The van der Waals surface area contributed by atoms with Crippen molar-refractivity contribution in [1.82, 2.24) is 5.32 Å². The number of rotatable bonds is 1. The SMILES string of the molecule is CNC(=O)[C@H]1O[C@@H](C)C(O)C1O. The third kappa shape index (κ3) is 1.43. The van der Waals surface area contributed by atoms with E-state index < -0.39 is 30.3 Å². The normalized spacial score (nSPS) is 41.3. The third-order valence-corrected chi connectivity index (χ3v) is 2.01. The molecule has 5 nitrogen and oxygen atoms in total. The van der Waals surface area contributed by atoms with Crippen molar-refractivity contribution in [2.24, 2.45) is 0 Å². The molecule has 0 saturated carbocycles. The predicted molar refractivity (Wildman–Crippen MR) is 40.4 cm³/mol. The Morgan fingerprint density at radius 1 is 1.42 bits per heavy atom. The number of amides is 1. The molecule has 0 aromatic carbocycles. The van der Waals surface area contributed by atoms with Crippen LogP contribution in [-0.4, -0.2) is 47.6 Å². The highest BCUT2D eigenvalue weighted by Gasteiger charge is 2.43. The number of hydrogen-bond acceptors (Lipinski definition) is 4. The summed E-state index contributed by atoms with van der Waals surface area (Å²) in [7, 11) is 1.45. The highest BCUT2D eigenvalue weighted by Crippen LogP contribution is 2.20. The van der Waals surface area contributed by atoms with Gasteiger partial charge < -0.3 is 20.3 Å². The monoisotopic (exact) mass is 175 g/mol. The lowest BCUT2D eigenvalue weighted by Crippen LogP contribution is -2.41. The molecule has 1 aliphatic heterocycles. The van der Waals surface area contributed by atoms with Gasteiger partial charge in [0.2, 0.25) is 0 Å². The Hall–Kier alpha value is -0.650. The van der Waals surface area contributed by atoms with E-state index in [1.807, 2.05) is 0 Å². The number of hydrogen-bond donors (Lipinski definition) is 3. The van der Waals surface area contributed by atoms with Crippen LogP contribution in [0.5, 0.6) is 0 Å². The topological polar surface area (TPSA) is 78.8 Å². The highest BCUT2D eigenvalue weighted by molar-refractivity contribution is 5.81. The molecule has 3 N–H and O–H groups in total. The zero-order valence-corrected chi connectivity index (χ0v) is 7.02. The van der Waals surface area contributed by atoms with Crippen molar-refractivity contribution in [3.05, 3.63) is 0 Å². The highest BCUT2D eigenvalue weighted by atomic mass is 16.5. The van der Waals surface area contributed by atoms with Gasteiger partial charge in [-0.2, -0.15) is 0 Å². The Morgan fingerprint density at radius 2 is 2.00 bits per heavy atom. The zero-order chi connectivity index (χ0) is 9.30. The molecule has 1 amide bonds. The fourth-order valence-electron chi connectivity index (χ4n) is 1.21. The Balaban J connectivity index is 2.64. The standard InChI is InChI=1S/C7H13NO4/c1-3-4(9)5(10)6(12-3)7(11)8-2/h3-6,9-10H,1-2H3,(H,8,11)/t3-,4?,5?,6-/m0/s1. The number of aliphatic hydroxyl groups excluding tert-OH is 2. The van der Waals surface area contributed by atoms with Gasteiger partial charge in [-0.3, -0.25) is 4.79 Å². The van der Waals surface area contributed by atoms with Gasteiger partial charge in [0.1, 0.15) is 12.2 Å². The minimum absolute atomic E-state index is 0.411. The average Bonchev–Trinajstić information content (AvgIpc) is 2.32. The zero-order valence-electron chi connectivity index (χ0n) is 7.02. The minimum Gasteiger partial charge on any atom is -0.388 e. The van der Waals surface area contributed by atoms with Crippen LogP contribution in [0.4, 0.5) is 0 Å². The summed E-state index contributed by atoms with van der Waals surface area (Å²) in [6, 6.07) is 0. The van der Waals surface area contributed by atoms with Crippen molar-refractivity contribution in [2.45, 2.75) is 31.3 Å². The Kier molecular flexibility index (Phi) is 2.66. The van der Waals surface area contributed by atoms with Crippen LogP contribution in [0, 0.1) is 0 Å². The molecule has 0 bridgehead atoms. The van der Waals surface area contributed by atoms with E-state index in [1.165, 1.54) is 7.05 Å². The van der Waals surface area contributed by atoms with Gasteiger partial charge in [-0.15, -0.1) is 0 Å². The Bertz CT molecular complexity index is 184. The summed E-state index contributed by atoms with van der Waals surface area (Å²) in [6.07, 6.45) is -3.55. The molecule has 0 aromatic heterocycles. The van der Waals surface area contributed by atoms with Gasteiger partial charge in [0.05, 0.1) is 6.10 Å². The first kappa shape index (κ1) is 9.44. The summed E-state index contributed by atoms with van der Waals surface area (Å²) in [4.78, 5) is 11.0. The lowest BCUT2D eigenvalue weighted by Gasteiger charge is -2.12. The second-order valence-corrected chi connectivity index (χ2v) is 2.86. The number of aliphatic hydroxyl groups is 2. The molecule has 2 unspecified atom stereocenters. The molecule has 1 rings (SSSR count). The van der Waals surface area contributed by atoms with Crippen molar-refractivity contribution in [2.75, 3.05) is 7.05 Å². The predicted octanol–water partition coefficient (Wildman–Crippen LogP) is -1.76. The van der Waals surface area contributed by atoms with E-state index >= 15 is 0 Å². The summed E-state index contributed by atoms with van der Waals surface area (Å²) < 4.78 is 5.03. The number of carbonyl (C=O) groups is 1. The molecule has 0 spiro atoms. The van der Waals surface area contributed by atoms with Gasteiger partial charge in [-0.05, 0) is 6.92 Å². The van der Waals surface area contributed by atoms with E-state index in [4.69, 9.17) is 4.74 Å². The molecular formula is C7H13NO4. The number of likely N-dealkylation sites (N-methyl/N-ethyl adjacent to an activating group) is 1. The van der Waals surface area contributed by atoms with Gasteiger partial charge in [0.25, 0.3) is 5.91 Å². The van der Waals surface area contributed by atoms with E-state index in [1.54, 1.807) is 6.92 Å². The van der Waals surface area contributed by atoms with Crippen molar-refractivity contribution >= 4 is 5.91 Å². The molecular weight excluding hydrogens is 162 g/mol. The van der Waals surface area contributed by atoms with Gasteiger partial charge in [-0.25, -0.2) is 0 Å². The molecule has 0 aliphatic carbocycles. The molecule has 1 heterocycles. The lowest BCUT2D eigenvalue weighted by atomic mass is 10.1. The number of nitrogens with one attached hydrogen (secondary N) is 1. The molecule has 1 fully saturated rings. The van der Waals surface area contributed by atoms with Crippen LogP contribution >= 0.6 is 0 Å². The van der Waals surface area contributed by atoms with E-state index in [2.05, 4.69) is 5.32 Å². The molecule has 1 saturated heterocycles. The van der Waals surface area contributed by atoms with Crippen molar-refractivity contribution in [3.8, 4) is 0 Å². The summed E-state index contributed by atoms with van der Waals surface area (Å²) in [5.74, 6) is -0.411. The van der Waals surface area contributed by atoms with Crippen molar-refractivity contribution in [1.29, 1.82) is 0 Å². The van der Waals surface area contributed by atoms with Crippen LogP contribution in [0.1, 0.15) is 6.92 Å². The van der Waals surface area contributed by atoms with Crippen molar-refractivity contribution in [3.63, 3.8) is 0 Å². The smallest absolute Gasteiger partial charge is 0.251 e. The second kappa shape index (κ2) is 3.38. The minimum atomic E-state index is -1.13. The van der Waals surface area contributed by atoms with Gasteiger partial charge in [0, 0.05) is 7.05 Å². The maximum atomic E-state index is 11.0. The summed E-state index contributed by atoms with van der Waals surface area (Å²) in [5, 5.41) is 20.9. The van der Waals surface area contributed by atoms with E-state index in [-0.39, 0.29) is 0 Å². The van der Waals surface area contributed by atoms with Crippen molar-refractivity contribution < 1.29 is 19.7 Å². The molecule has 12 heavy (non-hydrogen) atoms. The third-order valence-electron chi connectivity index (χ3n) is 2.01. The molecule has 0 aromatic rings. The van der Waals surface area contributed by atoms with E-state index in [0.29, 0.717) is 0 Å². The van der Waals surface area contributed by atoms with Gasteiger partial charge in [0.15, 0.2) is 6.10 Å². The van der Waals surface area contributed by atoms with Crippen LogP contribution in [0.3, 0.4) is 0 Å². The first-order chi connectivity index (χ1) is 5.57. The maximum Gasteiger partial charge on any atom is 0.251 e. The van der Waals surface area contributed by atoms with Crippen LogP contribution in [0.15, 0.2) is 0 Å². The number of ether oxygens (including phenoxy) is 1. The summed E-state index contributed by atoms with van der Waals surface area (Å²) >= 11 is 0. The first-order valence-corrected chi connectivity index (χ1v) is 3.81.